The molecule has 0 saturated heterocycles. The van der Waals surface area contributed by atoms with E-state index in [-0.39, 0.29) is 0 Å². The van der Waals surface area contributed by atoms with Crippen LogP contribution in [-0.4, -0.2) is 16.2 Å². The summed E-state index contributed by atoms with van der Waals surface area (Å²) in [4.78, 5) is 8.63. The van der Waals surface area contributed by atoms with Gasteiger partial charge in [0.1, 0.15) is 5.15 Å². The van der Waals surface area contributed by atoms with Crippen LogP contribution in [0.5, 0.6) is 0 Å². The van der Waals surface area contributed by atoms with Gasteiger partial charge >= 0.3 is 0 Å². The molecule has 0 aliphatic carbocycles. The number of hydrazone groups is 1. The van der Waals surface area contributed by atoms with Gasteiger partial charge in [-0.1, -0.05) is 71.7 Å². The van der Waals surface area contributed by atoms with Crippen molar-refractivity contribution < 1.29 is 0 Å². The van der Waals surface area contributed by atoms with E-state index in [0.29, 0.717) is 21.8 Å². The molecule has 1 N–H and O–H groups in total. The van der Waals surface area contributed by atoms with E-state index >= 15 is 0 Å². The van der Waals surface area contributed by atoms with Crippen LogP contribution in [-0.2, 0) is 0 Å². The molecule has 0 radical (unpaired) electrons. The van der Waals surface area contributed by atoms with Crippen LogP contribution in [0.2, 0.25) is 10.2 Å². The quantitative estimate of drug-likeness (QED) is 0.417. The Hall–Kier alpha value is -2.43. The molecular weight excluding hydrogens is 331 g/mol. The highest BCUT2D eigenvalue weighted by molar-refractivity contribution is 6.33. The minimum atomic E-state index is 0.342. The van der Waals surface area contributed by atoms with Gasteiger partial charge in [-0.2, -0.15) is 5.10 Å². The Morgan fingerprint density at radius 2 is 1.65 bits per heavy atom. The third-order valence-corrected chi connectivity index (χ3v) is 3.55. The summed E-state index contributed by atoms with van der Waals surface area (Å²) in [5.41, 5.74) is 4.54. The Morgan fingerprint density at radius 1 is 0.913 bits per heavy atom. The maximum atomic E-state index is 6.07. The van der Waals surface area contributed by atoms with E-state index in [1.807, 2.05) is 48.5 Å². The van der Waals surface area contributed by atoms with Crippen LogP contribution in [0.3, 0.4) is 0 Å². The fourth-order valence-electron chi connectivity index (χ4n) is 1.94. The third-order valence-electron chi connectivity index (χ3n) is 3.01. The summed E-state index contributed by atoms with van der Waals surface area (Å²) in [5, 5.41) is 5.11. The van der Waals surface area contributed by atoms with Crippen LogP contribution in [0, 0.1) is 0 Å². The van der Waals surface area contributed by atoms with Crippen molar-refractivity contribution in [3.63, 3.8) is 0 Å². The molecule has 0 spiro atoms. The molecule has 6 heteroatoms. The molecule has 23 heavy (non-hydrogen) atoms. The number of nitrogens with zero attached hydrogens (tertiary/aromatic N) is 3. The van der Waals surface area contributed by atoms with Gasteiger partial charge in [0.2, 0.25) is 0 Å². The van der Waals surface area contributed by atoms with Gasteiger partial charge in [0, 0.05) is 22.2 Å². The predicted octanol–water partition coefficient (Wildman–Crippen LogP) is 4.90. The summed E-state index contributed by atoms with van der Waals surface area (Å²) >= 11 is 12.1. The highest BCUT2D eigenvalue weighted by Gasteiger charge is 2.05. The molecule has 4 nitrogen and oxygen atoms in total. The monoisotopic (exact) mass is 342 g/mol. The average molecular weight is 343 g/mol. The van der Waals surface area contributed by atoms with E-state index in [9.17, 15) is 0 Å². The first-order valence-corrected chi connectivity index (χ1v) is 7.61. The Morgan fingerprint density at radius 3 is 2.43 bits per heavy atom. The van der Waals surface area contributed by atoms with Crippen molar-refractivity contribution in [3.8, 4) is 11.4 Å². The van der Waals surface area contributed by atoms with Crippen molar-refractivity contribution in [1.82, 2.24) is 9.97 Å². The lowest BCUT2D eigenvalue weighted by Gasteiger charge is -2.04. The molecule has 0 fully saturated rings. The molecule has 0 aliphatic rings. The molecule has 2 aromatic carbocycles. The summed E-state index contributed by atoms with van der Waals surface area (Å²) in [5.74, 6) is 1.04. The Labute approximate surface area is 143 Å². The van der Waals surface area contributed by atoms with E-state index in [4.69, 9.17) is 23.2 Å². The van der Waals surface area contributed by atoms with Gasteiger partial charge in [-0.25, -0.2) is 9.97 Å². The van der Waals surface area contributed by atoms with Crippen molar-refractivity contribution in [2.45, 2.75) is 0 Å². The SMILES string of the molecule is Clc1cc(N/N=C\c2ccccc2Cl)nc(-c2ccccc2)n1. The molecule has 0 aliphatic heterocycles. The molecule has 114 valence electrons. The maximum absolute atomic E-state index is 6.07. The number of rotatable bonds is 4. The summed E-state index contributed by atoms with van der Waals surface area (Å²) < 4.78 is 0. The van der Waals surface area contributed by atoms with Crippen LogP contribution in [0.25, 0.3) is 11.4 Å². The highest BCUT2D eigenvalue weighted by atomic mass is 35.5. The summed E-state index contributed by atoms with van der Waals surface area (Å²) in [6.07, 6.45) is 1.63. The van der Waals surface area contributed by atoms with Crippen molar-refractivity contribution >= 4 is 35.2 Å². The Balaban J connectivity index is 1.81. The molecule has 1 aromatic heterocycles. The van der Waals surface area contributed by atoms with Gasteiger partial charge in [0.25, 0.3) is 0 Å². The standard InChI is InChI=1S/C17H12Cl2N4/c18-14-9-5-4-8-13(14)11-20-23-16-10-15(19)21-17(22-16)12-6-2-1-3-7-12/h1-11H,(H,21,22,23)/b20-11-. The maximum Gasteiger partial charge on any atom is 0.163 e. The van der Waals surface area contributed by atoms with Crippen LogP contribution in [0.1, 0.15) is 5.56 Å². The fourth-order valence-corrected chi connectivity index (χ4v) is 2.31. The van der Waals surface area contributed by atoms with Gasteiger partial charge in [-0.05, 0) is 6.07 Å². The first kappa shape index (κ1) is 15.5. The number of nitrogens with one attached hydrogen (secondary N) is 1. The number of hydrogen-bond donors (Lipinski definition) is 1. The van der Waals surface area contributed by atoms with E-state index < -0.39 is 0 Å². The molecule has 0 saturated carbocycles. The normalized spacial score (nSPS) is 10.9. The summed E-state index contributed by atoms with van der Waals surface area (Å²) in [6.45, 7) is 0. The Bertz CT molecular complexity index is 835. The molecule has 3 rings (SSSR count). The molecule has 3 aromatic rings. The molecule has 0 atom stereocenters. The van der Waals surface area contributed by atoms with Gasteiger partial charge in [0.05, 0.1) is 6.21 Å². The first-order valence-electron chi connectivity index (χ1n) is 6.86. The lowest BCUT2D eigenvalue weighted by Crippen LogP contribution is -1.97. The van der Waals surface area contributed by atoms with E-state index in [2.05, 4.69) is 20.5 Å². The largest absolute Gasteiger partial charge is 0.261 e. The minimum Gasteiger partial charge on any atom is -0.261 e. The average Bonchev–Trinajstić information content (AvgIpc) is 2.57. The van der Waals surface area contributed by atoms with Gasteiger partial charge in [-0.15, -0.1) is 0 Å². The molecular formula is C17H12Cl2N4. The lowest BCUT2D eigenvalue weighted by atomic mass is 10.2. The summed E-state index contributed by atoms with van der Waals surface area (Å²) in [7, 11) is 0. The topological polar surface area (TPSA) is 50.2 Å². The predicted molar refractivity (Wildman–Crippen MR) is 95.1 cm³/mol. The second kappa shape index (κ2) is 7.22. The third kappa shape index (κ3) is 4.06. The minimum absolute atomic E-state index is 0.342. The van der Waals surface area contributed by atoms with E-state index in [0.717, 1.165) is 11.1 Å². The lowest BCUT2D eigenvalue weighted by molar-refractivity contribution is 1.15. The van der Waals surface area contributed by atoms with Gasteiger partial charge in [-0.3, -0.25) is 5.43 Å². The second-order valence-electron chi connectivity index (χ2n) is 4.66. The highest BCUT2D eigenvalue weighted by Crippen LogP contribution is 2.20. The molecule has 0 amide bonds. The number of aromatic nitrogens is 2. The van der Waals surface area contributed by atoms with Gasteiger partial charge < -0.3 is 0 Å². The van der Waals surface area contributed by atoms with Crippen molar-refractivity contribution in [2.75, 3.05) is 5.43 Å². The number of anilines is 1. The summed E-state index contributed by atoms with van der Waals surface area (Å²) in [6, 6.07) is 18.6. The second-order valence-corrected chi connectivity index (χ2v) is 5.45. The van der Waals surface area contributed by atoms with Crippen molar-refractivity contribution in [1.29, 1.82) is 0 Å². The number of hydrogen-bond acceptors (Lipinski definition) is 4. The first-order chi connectivity index (χ1) is 11.2. The van der Waals surface area contributed by atoms with E-state index in [1.54, 1.807) is 18.3 Å². The van der Waals surface area contributed by atoms with Crippen LogP contribution in [0.4, 0.5) is 5.82 Å². The molecule has 0 unspecified atom stereocenters. The zero-order valence-electron chi connectivity index (χ0n) is 11.9. The van der Waals surface area contributed by atoms with Crippen molar-refractivity contribution in [2.24, 2.45) is 5.10 Å². The molecule has 1 heterocycles. The van der Waals surface area contributed by atoms with E-state index in [1.165, 1.54) is 0 Å². The zero-order chi connectivity index (χ0) is 16.1. The number of benzene rings is 2. The number of halogens is 2. The van der Waals surface area contributed by atoms with Gasteiger partial charge in [0.15, 0.2) is 11.6 Å². The van der Waals surface area contributed by atoms with Crippen LogP contribution < -0.4 is 5.43 Å². The van der Waals surface area contributed by atoms with Crippen LogP contribution in [0.15, 0.2) is 65.8 Å². The smallest absolute Gasteiger partial charge is 0.163 e. The zero-order valence-corrected chi connectivity index (χ0v) is 13.5. The Kier molecular flexibility index (Phi) is 4.86. The fraction of sp³-hybridized carbons (Fsp3) is 0. The molecule has 0 bridgehead atoms. The van der Waals surface area contributed by atoms with Crippen LogP contribution >= 0.6 is 23.2 Å². The van der Waals surface area contributed by atoms with Crippen molar-refractivity contribution in [3.05, 3.63) is 76.4 Å².